The molecular weight excluding hydrogens is 308 g/mol. The van der Waals surface area contributed by atoms with E-state index in [1.807, 2.05) is 30.3 Å². The number of nitrogens with zero attached hydrogens (tertiary/aromatic N) is 2. The highest BCUT2D eigenvalue weighted by Crippen LogP contribution is 2.35. The highest BCUT2D eigenvalue weighted by molar-refractivity contribution is 8.02. The van der Waals surface area contributed by atoms with Crippen molar-refractivity contribution < 1.29 is 9.90 Å². The van der Waals surface area contributed by atoms with Crippen molar-refractivity contribution in [1.82, 2.24) is 4.90 Å². The maximum absolute atomic E-state index is 12.4. The fourth-order valence-electron chi connectivity index (χ4n) is 2.08. The van der Waals surface area contributed by atoms with Gasteiger partial charge in [-0.1, -0.05) is 41.9 Å². The molecule has 0 aromatic heterocycles. The molecule has 6 heteroatoms. The molecule has 3 rings (SSSR count). The van der Waals surface area contributed by atoms with Crippen LogP contribution in [0.2, 0.25) is 5.02 Å². The highest BCUT2D eigenvalue weighted by Gasteiger charge is 2.38. The first-order valence-corrected chi connectivity index (χ1v) is 7.61. The molecule has 1 saturated heterocycles. The van der Waals surface area contributed by atoms with Crippen LogP contribution in [0.25, 0.3) is 0 Å². The number of hydrogen-bond donors (Lipinski definition) is 1. The minimum absolute atomic E-state index is 0.237. The summed E-state index contributed by atoms with van der Waals surface area (Å²) in [5, 5.41) is 10.7. The molecule has 4 nitrogen and oxygen atoms in total. The molecule has 2 aromatic rings. The van der Waals surface area contributed by atoms with Gasteiger partial charge in [-0.3, -0.25) is 4.90 Å². The van der Waals surface area contributed by atoms with E-state index in [-0.39, 0.29) is 6.03 Å². The summed E-state index contributed by atoms with van der Waals surface area (Å²) in [6.07, 6.45) is 0. The van der Waals surface area contributed by atoms with Crippen molar-refractivity contribution in [3.05, 3.63) is 65.2 Å². The average Bonchev–Trinajstić information content (AvgIpc) is 2.77. The zero-order chi connectivity index (χ0) is 14.8. The summed E-state index contributed by atoms with van der Waals surface area (Å²) >= 11 is 6.93. The molecule has 2 amide bonds. The van der Waals surface area contributed by atoms with Crippen LogP contribution in [0.1, 0.15) is 5.56 Å². The monoisotopic (exact) mass is 320 g/mol. The van der Waals surface area contributed by atoms with Gasteiger partial charge in [0, 0.05) is 17.0 Å². The number of benzene rings is 2. The number of urea groups is 1. The molecule has 0 saturated carbocycles. The molecule has 0 aliphatic carbocycles. The van der Waals surface area contributed by atoms with Crippen LogP contribution >= 0.6 is 23.5 Å². The molecule has 0 radical (unpaired) electrons. The molecule has 1 aliphatic heterocycles. The molecule has 0 bridgehead atoms. The molecule has 1 aliphatic rings. The van der Waals surface area contributed by atoms with Crippen LogP contribution in [0.5, 0.6) is 0 Å². The molecule has 1 fully saturated rings. The maximum atomic E-state index is 12.4. The Morgan fingerprint density at radius 2 is 1.76 bits per heavy atom. The van der Waals surface area contributed by atoms with E-state index in [4.69, 9.17) is 11.6 Å². The van der Waals surface area contributed by atoms with E-state index in [0.29, 0.717) is 17.3 Å². The van der Waals surface area contributed by atoms with Gasteiger partial charge in [-0.15, -0.1) is 0 Å². The predicted molar refractivity (Wildman–Crippen MR) is 84.9 cm³/mol. The molecule has 1 heterocycles. The van der Waals surface area contributed by atoms with E-state index < -0.39 is 5.56 Å². The van der Waals surface area contributed by atoms with Crippen molar-refractivity contribution in [3.8, 4) is 0 Å². The smallest absolute Gasteiger partial charge is 0.337 e. The summed E-state index contributed by atoms with van der Waals surface area (Å²) in [5.74, 6) is 0. The third-order valence-electron chi connectivity index (χ3n) is 3.14. The van der Waals surface area contributed by atoms with Gasteiger partial charge in [0.25, 0.3) is 0 Å². The number of aliphatic hydroxyl groups is 1. The van der Waals surface area contributed by atoms with Crippen molar-refractivity contribution in [2.75, 3.05) is 4.31 Å². The van der Waals surface area contributed by atoms with E-state index in [2.05, 4.69) is 0 Å². The molecule has 108 valence electrons. The quantitative estimate of drug-likeness (QED) is 0.877. The predicted octanol–water partition coefficient (Wildman–Crippen LogP) is 3.71. The van der Waals surface area contributed by atoms with Crippen LogP contribution in [-0.2, 0) is 6.54 Å². The molecule has 1 unspecified atom stereocenters. The van der Waals surface area contributed by atoms with Gasteiger partial charge in [0.15, 0.2) is 5.56 Å². The lowest BCUT2D eigenvalue weighted by Crippen LogP contribution is -2.34. The van der Waals surface area contributed by atoms with Crippen LogP contribution < -0.4 is 4.31 Å². The molecular formula is C15H13ClN2O2S. The van der Waals surface area contributed by atoms with Gasteiger partial charge in [0.2, 0.25) is 0 Å². The number of carbonyl (C=O) groups excluding carboxylic acids is 1. The number of hydrogen-bond acceptors (Lipinski definition) is 3. The third-order valence-corrected chi connectivity index (χ3v) is 4.42. The van der Waals surface area contributed by atoms with Gasteiger partial charge in [-0.25, -0.2) is 9.10 Å². The van der Waals surface area contributed by atoms with E-state index in [9.17, 15) is 9.90 Å². The molecule has 21 heavy (non-hydrogen) atoms. The standard InChI is InChI=1S/C15H13ClN2O2S/c16-12-6-8-13(9-7-12)18-14(19)17(15(20)21-18)10-11-4-2-1-3-5-11/h1-9,15,20H,10H2. The Bertz CT molecular complexity index is 636. The molecule has 1 N–H and O–H groups in total. The Hall–Kier alpha value is -1.69. The first-order valence-electron chi connectivity index (χ1n) is 6.40. The lowest BCUT2D eigenvalue weighted by molar-refractivity contribution is 0.106. The second-order valence-corrected chi connectivity index (χ2v) is 6.03. The largest absolute Gasteiger partial charge is 0.363 e. The van der Waals surface area contributed by atoms with Crippen LogP contribution in [-0.4, -0.2) is 21.6 Å². The minimum Gasteiger partial charge on any atom is -0.363 e. The summed E-state index contributed by atoms with van der Waals surface area (Å²) in [6.45, 7) is 0.373. The Morgan fingerprint density at radius 3 is 2.43 bits per heavy atom. The van der Waals surface area contributed by atoms with Crippen molar-refractivity contribution in [2.45, 2.75) is 12.1 Å². The zero-order valence-electron chi connectivity index (χ0n) is 11.0. The summed E-state index contributed by atoms with van der Waals surface area (Å²) in [7, 11) is 0. The summed E-state index contributed by atoms with van der Waals surface area (Å²) < 4.78 is 1.48. The van der Waals surface area contributed by atoms with Gasteiger partial charge in [0.1, 0.15) is 0 Å². The third kappa shape index (κ3) is 3.00. The summed E-state index contributed by atoms with van der Waals surface area (Å²) in [5.41, 5.74) is 0.779. The fraction of sp³-hybridized carbons (Fsp3) is 0.133. The Labute approximate surface area is 132 Å². The molecule has 2 aromatic carbocycles. The van der Waals surface area contributed by atoms with E-state index in [1.54, 1.807) is 24.3 Å². The van der Waals surface area contributed by atoms with Gasteiger partial charge in [0.05, 0.1) is 12.2 Å². The Morgan fingerprint density at radius 1 is 1.10 bits per heavy atom. The number of anilines is 1. The highest BCUT2D eigenvalue weighted by atomic mass is 35.5. The summed E-state index contributed by atoms with van der Waals surface area (Å²) in [4.78, 5) is 13.9. The number of amides is 2. The van der Waals surface area contributed by atoms with Crippen LogP contribution in [0, 0.1) is 0 Å². The van der Waals surface area contributed by atoms with E-state index >= 15 is 0 Å². The van der Waals surface area contributed by atoms with Crippen LogP contribution in [0.15, 0.2) is 54.6 Å². The lowest BCUT2D eigenvalue weighted by atomic mass is 10.2. The van der Waals surface area contributed by atoms with Crippen molar-refractivity contribution >= 4 is 35.3 Å². The average molecular weight is 321 g/mol. The Balaban J connectivity index is 1.79. The molecule has 0 spiro atoms. The van der Waals surface area contributed by atoms with Crippen molar-refractivity contribution in [1.29, 1.82) is 0 Å². The van der Waals surface area contributed by atoms with Gasteiger partial charge < -0.3 is 5.11 Å². The normalized spacial score (nSPS) is 18.4. The topological polar surface area (TPSA) is 43.8 Å². The number of rotatable bonds is 3. The van der Waals surface area contributed by atoms with Gasteiger partial charge in [-0.05, 0) is 29.8 Å². The lowest BCUT2D eigenvalue weighted by Gasteiger charge is -2.18. The van der Waals surface area contributed by atoms with E-state index in [0.717, 1.165) is 17.5 Å². The molecule has 1 atom stereocenters. The van der Waals surface area contributed by atoms with E-state index in [1.165, 1.54) is 9.21 Å². The zero-order valence-corrected chi connectivity index (χ0v) is 12.6. The second-order valence-electron chi connectivity index (χ2n) is 4.60. The second kappa shape index (κ2) is 5.97. The number of carbonyl (C=O) groups is 1. The number of halogens is 1. The van der Waals surface area contributed by atoms with Crippen molar-refractivity contribution in [3.63, 3.8) is 0 Å². The minimum atomic E-state index is -0.895. The Kier molecular flexibility index (Phi) is 4.05. The fourth-order valence-corrected chi connectivity index (χ4v) is 3.11. The number of aliphatic hydroxyl groups excluding tert-OH is 1. The first-order chi connectivity index (χ1) is 10.1. The van der Waals surface area contributed by atoms with Gasteiger partial charge in [-0.2, -0.15) is 0 Å². The van der Waals surface area contributed by atoms with Crippen molar-refractivity contribution in [2.24, 2.45) is 0 Å². The van der Waals surface area contributed by atoms with Crippen LogP contribution in [0.4, 0.5) is 10.5 Å². The SMILES string of the molecule is O=C1N(c2ccc(Cl)cc2)SC(O)N1Cc1ccccc1. The maximum Gasteiger partial charge on any atom is 0.337 e. The summed E-state index contributed by atoms with van der Waals surface area (Å²) in [6, 6.07) is 16.3. The first kappa shape index (κ1) is 14.3. The van der Waals surface area contributed by atoms with Crippen LogP contribution in [0.3, 0.4) is 0 Å². The van der Waals surface area contributed by atoms with Gasteiger partial charge >= 0.3 is 6.03 Å².